The van der Waals surface area contributed by atoms with Gasteiger partial charge in [0.2, 0.25) is 11.8 Å². The van der Waals surface area contributed by atoms with Crippen molar-refractivity contribution >= 4 is 29.3 Å². The fourth-order valence-electron chi connectivity index (χ4n) is 2.45. The lowest BCUT2D eigenvalue weighted by molar-refractivity contribution is -0.132. The molecule has 0 bridgehead atoms. The Morgan fingerprint density at radius 3 is 2.70 bits per heavy atom. The number of halogens is 1. The zero-order valence-electron chi connectivity index (χ0n) is 13.5. The second-order valence-corrected chi connectivity index (χ2v) is 6.26. The molecule has 1 aliphatic rings. The summed E-state index contributed by atoms with van der Waals surface area (Å²) in [5.74, 6) is 0.463. The Hall–Kier alpha value is -1.76. The van der Waals surface area contributed by atoms with Crippen molar-refractivity contribution in [3.05, 3.63) is 29.6 Å². The Morgan fingerprint density at radius 1 is 1.39 bits per heavy atom. The molecule has 0 spiro atoms. The van der Waals surface area contributed by atoms with E-state index in [0.29, 0.717) is 22.9 Å². The molecule has 1 N–H and O–H groups in total. The minimum atomic E-state index is -0.286. The van der Waals surface area contributed by atoms with Crippen LogP contribution >= 0.6 is 11.8 Å². The largest absolute Gasteiger partial charge is 0.370 e. The standard InChI is InChI=1S/C16H22FN3O2S/c1-3-19(4-2)14-6-5-12(7-13(14)17)8-18-15(21)9-20-11-23-10-16(20)22/h5-7H,3-4,8-11H2,1-2H3,(H,18,21). The molecule has 0 aromatic heterocycles. The first-order valence-corrected chi connectivity index (χ1v) is 8.86. The Morgan fingerprint density at radius 2 is 2.13 bits per heavy atom. The molecule has 0 radical (unpaired) electrons. The van der Waals surface area contributed by atoms with Crippen molar-refractivity contribution in [2.45, 2.75) is 20.4 Å². The summed E-state index contributed by atoms with van der Waals surface area (Å²) in [6, 6.07) is 5.00. The van der Waals surface area contributed by atoms with Gasteiger partial charge in [-0.2, -0.15) is 0 Å². The second kappa shape index (κ2) is 8.19. The van der Waals surface area contributed by atoms with Crippen LogP contribution in [-0.2, 0) is 16.1 Å². The van der Waals surface area contributed by atoms with Crippen molar-refractivity contribution < 1.29 is 14.0 Å². The van der Waals surface area contributed by atoms with Crippen molar-refractivity contribution in [1.82, 2.24) is 10.2 Å². The van der Waals surface area contributed by atoms with E-state index in [-0.39, 0.29) is 30.7 Å². The lowest BCUT2D eigenvalue weighted by Gasteiger charge is -2.22. The third-order valence-electron chi connectivity index (χ3n) is 3.77. The summed E-state index contributed by atoms with van der Waals surface area (Å²) in [6.45, 7) is 5.76. The van der Waals surface area contributed by atoms with Crippen LogP contribution in [0.25, 0.3) is 0 Å². The first-order chi connectivity index (χ1) is 11.0. The molecule has 2 amide bonds. The van der Waals surface area contributed by atoms with Gasteiger partial charge in [-0.1, -0.05) is 6.07 Å². The SMILES string of the molecule is CCN(CC)c1ccc(CNC(=O)CN2CSCC2=O)cc1F. The molecule has 5 nitrogen and oxygen atoms in total. The lowest BCUT2D eigenvalue weighted by atomic mass is 10.1. The molecule has 2 rings (SSSR count). The van der Waals surface area contributed by atoms with Crippen LogP contribution < -0.4 is 10.2 Å². The highest BCUT2D eigenvalue weighted by Gasteiger charge is 2.22. The highest BCUT2D eigenvalue weighted by molar-refractivity contribution is 8.00. The molecule has 126 valence electrons. The highest BCUT2D eigenvalue weighted by Crippen LogP contribution is 2.20. The van der Waals surface area contributed by atoms with E-state index in [1.54, 1.807) is 6.07 Å². The highest BCUT2D eigenvalue weighted by atomic mass is 32.2. The Balaban J connectivity index is 1.89. The van der Waals surface area contributed by atoms with Crippen molar-refractivity contribution in [3.8, 4) is 0 Å². The maximum Gasteiger partial charge on any atom is 0.239 e. The normalized spacial score (nSPS) is 14.2. The molecule has 1 aliphatic heterocycles. The molecule has 7 heteroatoms. The molecule has 0 unspecified atom stereocenters. The smallest absolute Gasteiger partial charge is 0.239 e. The first-order valence-electron chi connectivity index (χ1n) is 7.70. The van der Waals surface area contributed by atoms with E-state index in [2.05, 4.69) is 5.32 Å². The maximum atomic E-state index is 14.2. The predicted molar refractivity (Wildman–Crippen MR) is 90.8 cm³/mol. The van der Waals surface area contributed by atoms with E-state index < -0.39 is 0 Å². The number of benzene rings is 1. The molecular formula is C16H22FN3O2S. The van der Waals surface area contributed by atoms with Gasteiger partial charge in [-0.25, -0.2) is 4.39 Å². The van der Waals surface area contributed by atoms with Gasteiger partial charge < -0.3 is 15.1 Å². The number of hydrogen-bond donors (Lipinski definition) is 1. The monoisotopic (exact) mass is 339 g/mol. The second-order valence-electron chi connectivity index (χ2n) is 5.30. The van der Waals surface area contributed by atoms with Crippen LogP contribution in [0.5, 0.6) is 0 Å². The summed E-state index contributed by atoms with van der Waals surface area (Å²) in [7, 11) is 0. The van der Waals surface area contributed by atoms with Crippen LogP contribution in [0.15, 0.2) is 18.2 Å². The van der Waals surface area contributed by atoms with Gasteiger partial charge in [0, 0.05) is 19.6 Å². The quantitative estimate of drug-likeness (QED) is 0.823. The van der Waals surface area contributed by atoms with Crippen LogP contribution in [-0.4, -0.2) is 48.0 Å². The summed E-state index contributed by atoms with van der Waals surface area (Å²) in [5.41, 5.74) is 1.28. The molecule has 1 heterocycles. The van der Waals surface area contributed by atoms with Gasteiger partial charge in [-0.15, -0.1) is 11.8 Å². The van der Waals surface area contributed by atoms with Gasteiger partial charge in [0.1, 0.15) is 12.4 Å². The maximum absolute atomic E-state index is 14.2. The van der Waals surface area contributed by atoms with E-state index in [1.807, 2.05) is 24.8 Å². The topological polar surface area (TPSA) is 52.7 Å². The number of hydrogen-bond acceptors (Lipinski definition) is 4. The van der Waals surface area contributed by atoms with Crippen molar-refractivity contribution in [1.29, 1.82) is 0 Å². The fourth-order valence-corrected chi connectivity index (χ4v) is 3.36. The zero-order valence-corrected chi connectivity index (χ0v) is 14.3. The Labute approximate surface area is 140 Å². The van der Waals surface area contributed by atoms with Crippen LogP contribution in [0.1, 0.15) is 19.4 Å². The Kier molecular flexibility index (Phi) is 6.27. The van der Waals surface area contributed by atoms with Gasteiger partial charge in [0.15, 0.2) is 0 Å². The number of carbonyl (C=O) groups excluding carboxylic acids is 2. The van der Waals surface area contributed by atoms with E-state index in [4.69, 9.17) is 0 Å². The summed E-state index contributed by atoms with van der Waals surface area (Å²) < 4.78 is 14.2. The number of rotatable bonds is 7. The zero-order chi connectivity index (χ0) is 16.8. The Bertz CT molecular complexity index is 578. The van der Waals surface area contributed by atoms with Crippen molar-refractivity contribution in [2.24, 2.45) is 0 Å². The number of nitrogens with zero attached hydrogens (tertiary/aromatic N) is 2. The van der Waals surface area contributed by atoms with Crippen molar-refractivity contribution in [2.75, 3.05) is 36.2 Å². The van der Waals surface area contributed by atoms with E-state index in [0.717, 1.165) is 13.1 Å². The van der Waals surface area contributed by atoms with Crippen LogP contribution in [0.2, 0.25) is 0 Å². The number of carbonyl (C=O) groups is 2. The fraction of sp³-hybridized carbons (Fsp3) is 0.500. The molecule has 1 aromatic rings. The van der Waals surface area contributed by atoms with Gasteiger partial charge in [-0.05, 0) is 31.5 Å². The van der Waals surface area contributed by atoms with Gasteiger partial charge in [0.25, 0.3) is 0 Å². The number of nitrogens with one attached hydrogen (secondary N) is 1. The molecular weight excluding hydrogens is 317 g/mol. The van der Waals surface area contributed by atoms with Crippen LogP contribution in [0, 0.1) is 5.82 Å². The summed E-state index contributed by atoms with van der Waals surface area (Å²) in [4.78, 5) is 26.8. The first kappa shape index (κ1) is 17.6. The average Bonchev–Trinajstić information content (AvgIpc) is 2.93. The molecule has 1 aromatic carbocycles. The summed E-state index contributed by atoms with van der Waals surface area (Å²) in [5, 5.41) is 2.73. The minimum Gasteiger partial charge on any atom is -0.370 e. The minimum absolute atomic E-state index is 0.0141. The number of thioether (sulfide) groups is 1. The predicted octanol–water partition coefficient (Wildman–Crippen LogP) is 1.82. The third-order valence-corrected chi connectivity index (χ3v) is 4.71. The summed E-state index contributed by atoms with van der Waals surface area (Å²) in [6.07, 6.45) is 0. The average molecular weight is 339 g/mol. The van der Waals surface area contributed by atoms with Crippen LogP contribution in [0.3, 0.4) is 0 Å². The number of amides is 2. The summed E-state index contributed by atoms with van der Waals surface area (Å²) >= 11 is 1.50. The molecule has 0 saturated carbocycles. The molecule has 1 saturated heterocycles. The van der Waals surface area contributed by atoms with Gasteiger partial charge >= 0.3 is 0 Å². The van der Waals surface area contributed by atoms with E-state index >= 15 is 0 Å². The molecule has 0 aliphatic carbocycles. The third kappa shape index (κ3) is 4.60. The lowest BCUT2D eigenvalue weighted by Crippen LogP contribution is -2.37. The van der Waals surface area contributed by atoms with E-state index in [1.165, 1.54) is 22.7 Å². The van der Waals surface area contributed by atoms with Gasteiger partial charge in [-0.3, -0.25) is 9.59 Å². The number of anilines is 1. The van der Waals surface area contributed by atoms with E-state index in [9.17, 15) is 14.0 Å². The van der Waals surface area contributed by atoms with Gasteiger partial charge in [0.05, 0.1) is 17.3 Å². The van der Waals surface area contributed by atoms with Crippen molar-refractivity contribution in [3.63, 3.8) is 0 Å². The molecule has 0 atom stereocenters. The molecule has 23 heavy (non-hydrogen) atoms. The molecule has 1 fully saturated rings. The van der Waals surface area contributed by atoms with Crippen LogP contribution in [0.4, 0.5) is 10.1 Å².